The molecule has 1 saturated carbocycles. The van der Waals surface area contributed by atoms with Crippen LogP contribution in [0.1, 0.15) is 39.0 Å². The molecule has 0 spiro atoms. The van der Waals surface area contributed by atoms with Gasteiger partial charge in [0.15, 0.2) is 0 Å². The number of rotatable bonds is 2. The summed E-state index contributed by atoms with van der Waals surface area (Å²) in [5.74, 6) is 1.48. The van der Waals surface area contributed by atoms with Crippen LogP contribution in [0.15, 0.2) is 0 Å². The van der Waals surface area contributed by atoms with E-state index in [1.54, 1.807) is 0 Å². The maximum absolute atomic E-state index is 9.18. The number of aliphatic hydroxyl groups excluding tert-OH is 1. The lowest BCUT2D eigenvalue weighted by molar-refractivity contribution is 0.0885. The van der Waals surface area contributed by atoms with Gasteiger partial charge < -0.3 is 10.0 Å². The first-order valence-electron chi connectivity index (χ1n) is 6.14. The van der Waals surface area contributed by atoms with Crippen LogP contribution >= 0.6 is 0 Å². The van der Waals surface area contributed by atoms with Gasteiger partial charge in [-0.05, 0) is 50.5 Å². The van der Waals surface area contributed by atoms with Crippen LogP contribution in [-0.4, -0.2) is 35.7 Å². The van der Waals surface area contributed by atoms with Crippen molar-refractivity contribution in [3.8, 4) is 0 Å². The predicted octanol–water partition coefficient (Wildman–Crippen LogP) is 1.88. The third kappa shape index (κ3) is 2.29. The predicted molar refractivity (Wildman–Crippen MR) is 58.2 cm³/mol. The normalized spacial score (nSPS) is 40.3. The molecule has 2 fully saturated rings. The minimum absolute atomic E-state index is 0.388. The molecule has 0 aromatic carbocycles. The fraction of sp³-hybridized carbons (Fsp3) is 1.00. The maximum Gasteiger partial charge on any atom is 0.0471 e. The summed E-state index contributed by atoms with van der Waals surface area (Å²) in [6.45, 7) is 5.17. The molecule has 1 aliphatic carbocycles. The molecule has 0 aromatic heterocycles. The van der Waals surface area contributed by atoms with E-state index in [2.05, 4.69) is 11.8 Å². The Morgan fingerprint density at radius 2 is 2.14 bits per heavy atom. The molecule has 3 atom stereocenters. The monoisotopic (exact) mass is 197 g/mol. The van der Waals surface area contributed by atoms with Crippen molar-refractivity contribution in [1.29, 1.82) is 0 Å². The Labute approximate surface area is 87.3 Å². The van der Waals surface area contributed by atoms with Crippen LogP contribution in [0.25, 0.3) is 0 Å². The quantitative estimate of drug-likeness (QED) is 0.730. The van der Waals surface area contributed by atoms with E-state index < -0.39 is 0 Å². The van der Waals surface area contributed by atoms with Gasteiger partial charge in [-0.1, -0.05) is 6.92 Å². The number of aliphatic hydroxyl groups is 1. The van der Waals surface area contributed by atoms with Gasteiger partial charge in [-0.25, -0.2) is 0 Å². The van der Waals surface area contributed by atoms with E-state index in [0.29, 0.717) is 12.5 Å². The number of likely N-dealkylation sites (tertiary alicyclic amines) is 1. The highest BCUT2D eigenvalue weighted by atomic mass is 16.3. The summed E-state index contributed by atoms with van der Waals surface area (Å²) in [6.07, 6.45) is 6.70. The van der Waals surface area contributed by atoms with E-state index in [9.17, 15) is 5.11 Å². The Morgan fingerprint density at radius 1 is 1.29 bits per heavy atom. The van der Waals surface area contributed by atoms with Crippen LogP contribution in [-0.2, 0) is 0 Å². The fourth-order valence-electron chi connectivity index (χ4n) is 3.09. The van der Waals surface area contributed by atoms with Crippen molar-refractivity contribution < 1.29 is 5.11 Å². The van der Waals surface area contributed by atoms with Gasteiger partial charge in [-0.2, -0.15) is 0 Å². The zero-order valence-electron chi connectivity index (χ0n) is 9.28. The highest BCUT2D eigenvalue weighted by molar-refractivity contribution is 4.84. The summed E-state index contributed by atoms with van der Waals surface area (Å²) < 4.78 is 0. The molecule has 1 heterocycles. The highest BCUT2D eigenvalue weighted by Gasteiger charge is 2.30. The molecular formula is C12H23NO. The van der Waals surface area contributed by atoms with Crippen molar-refractivity contribution in [2.24, 2.45) is 11.8 Å². The lowest BCUT2D eigenvalue weighted by Gasteiger charge is -2.36. The van der Waals surface area contributed by atoms with Crippen LogP contribution in [0.5, 0.6) is 0 Å². The van der Waals surface area contributed by atoms with Crippen molar-refractivity contribution >= 4 is 0 Å². The minimum atomic E-state index is 0.388. The zero-order chi connectivity index (χ0) is 9.97. The van der Waals surface area contributed by atoms with Gasteiger partial charge in [0, 0.05) is 19.2 Å². The molecule has 0 aromatic rings. The molecule has 82 valence electrons. The topological polar surface area (TPSA) is 23.5 Å². The molecule has 14 heavy (non-hydrogen) atoms. The van der Waals surface area contributed by atoms with E-state index in [0.717, 1.165) is 18.5 Å². The molecule has 1 saturated heterocycles. The smallest absolute Gasteiger partial charge is 0.0471 e. The molecule has 2 aliphatic rings. The largest absolute Gasteiger partial charge is 0.396 e. The van der Waals surface area contributed by atoms with Crippen molar-refractivity contribution in [1.82, 2.24) is 4.90 Å². The molecule has 0 bridgehead atoms. The van der Waals surface area contributed by atoms with Crippen molar-refractivity contribution in [3.05, 3.63) is 0 Å². The van der Waals surface area contributed by atoms with Gasteiger partial charge in [-0.15, -0.1) is 0 Å². The summed E-state index contributed by atoms with van der Waals surface area (Å²) >= 11 is 0. The van der Waals surface area contributed by atoms with Crippen LogP contribution in [0, 0.1) is 11.8 Å². The zero-order valence-corrected chi connectivity index (χ0v) is 9.28. The first-order valence-corrected chi connectivity index (χ1v) is 6.14. The molecule has 2 nitrogen and oxygen atoms in total. The second-order valence-electron chi connectivity index (χ2n) is 5.26. The molecule has 3 unspecified atom stereocenters. The number of hydrogen-bond donors (Lipinski definition) is 1. The molecule has 2 rings (SSSR count). The molecular weight excluding hydrogens is 174 g/mol. The molecule has 1 aliphatic heterocycles. The first kappa shape index (κ1) is 10.4. The van der Waals surface area contributed by atoms with Crippen LogP contribution < -0.4 is 0 Å². The van der Waals surface area contributed by atoms with Gasteiger partial charge in [0.2, 0.25) is 0 Å². The highest BCUT2D eigenvalue weighted by Crippen LogP contribution is 2.31. The summed E-state index contributed by atoms with van der Waals surface area (Å²) in [5, 5.41) is 9.18. The summed E-state index contributed by atoms with van der Waals surface area (Å²) in [5.41, 5.74) is 0. The van der Waals surface area contributed by atoms with Crippen LogP contribution in [0.4, 0.5) is 0 Å². The van der Waals surface area contributed by atoms with Gasteiger partial charge in [-0.3, -0.25) is 0 Å². The van der Waals surface area contributed by atoms with Crippen LogP contribution in [0.3, 0.4) is 0 Å². The lowest BCUT2D eigenvalue weighted by atomic mass is 9.97. The molecule has 2 heteroatoms. The molecule has 0 radical (unpaired) electrons. The van der Waals surface area contributed by atoms with Gasteiger partial charge in [0.25, 0.3) is 0 Å². The van der Waals surface area contributed by atoms with Crippen molar-refractivity contribution in [3.63, 3.8) is 0 Å². The minimum Gasteiger partial charge on any atom is -0.396 e. The van der Waals surface area contributed by atoms with E-state index in [1.165, 1.54) is 38.6 Å². The van der Waals surface area contributed by atoms with Crippen molar-refractivity contribution in [2.45, 2.75) is 45.1 Å². The van der Waals surface area contributed by atoms with Gasteiger partial charge in [0.05, 0.1) is 0 Å². The lowest BCUT2D eigenvalue weighted by Crippen LogP contribution is -2.42. The summed E-state index contributed by atoms with van der Waals surface area (Å²) in [6, 6.07) is 0.833. The number of nitrogens with zero attached hydrogens (tertiary/aromatic N) is 1. The van der Waals surface area contributed by atoms with E-state index in [-0.39, 0.29) is 0 Å². The average molecular weight is 197 g/mol. The Balaban J connectivity index is 1.84. The third-order valence-corrected chi connectivity index (χ3v) is 3.99. The van der Waals surface area contributed by atoms with Gasteiger partial charge in [0.1, 0.15) is 0 Å². The maximum atomic E-state index is 9.18. The summed E-state index contributed by atoms with van der Waals surface area (Å²) in [4.78, 5) is 2.63. The van der Waals surface area contributed by atoms with Crippen molar-refractivity contribution in [2.75, 3.05) is 19.7 Å². The fourth-order valence-corrected chi connectivity index (χ4v) is 3.09. The summed E-state index contributed by atoms with van der Waals surface area (Å²) in [7, 11) is 0. The second kappa shape index (κ2) is 4.63. The number of hydrogen-bond acceptors (Lipinski definition) is 2. The molecule has 0 amide bonds. The standard InChI is InChI=1S/C12H23NO/c1-10-4-5-12(7-10)13-6-2-3-11(8-13)9-14/h10-12,14H,2-9H2,1H3. The Hall–Kier alpha value is -0.0800. The van der Waals surface area contributed by atoms with Gasteiger partial charge >= 0.3 is 0 Å². The Bertz CT molecular complexity index is 183. The SMILES string of the molecule is CC1CCC(N2CCCC(CO)C2)C1. The Kier molecular flexibility index (Phi) is 3.45. The molecule has 1 N–H and O–H groups in total. The van der Waals surface area contributed by atoms with E-state index in [1.807, 2.05) is 0 Å². The second-order valence-corrected chi connectivity index (χ2v) is 5.26. The third-order valence-electron chi connectivity index (χ3n) is 3.99. The average Bonchev–Trinajstić information content (AvgIpc) is 2.65. The van der Waals surface area contributed by atoms with E-state index >= 15 is 0 Å². The Morgan fingerprint density at radius 3 is 2.79 bits per heavy atom. The van der Waals surface area contributed by atoms with E-state index in [4.69, 9.17) is 0 Å². The number of piperidine rings is 1. The first-order chi connectivity index (χ1) is 6.79. The van der Waals surface area contributed by atoms with Crippen LogP contribution in [0.2, 0.25) is 0 Å².